The van der Waals surface area contributed by atoms with Crippen molar-refractivity contribution < 1.29 is 36.6 Å². The number of nitrogens with zero attached hydrogens (tertiary/aromatic N) is 1. The Bertz CT molecular complexity index is 612. The standard InChI is InChI=1S/C12H11NO.C4H9NO2.BrH/c1-2-8-13-9-4-6-10-5-3-7-11(14)12(10)13;1-2-3-5-4(6)7;/h2-7,9H,1,8H2;5H,2-3H2,1H3,(H,6,7);1H/p-1. The maximum atomic E-state index is 9.72. The Morgan fingerprint density at radius 2 is 2.09 bits per heavy atom. The van der Waals surface area contributed by atoms with Gasteiger partial charge in [0.2, 0.25) is 0 Å². The number of aromatic hydroxyl groups is 1. The average Bonchev–Trinajstić information content (AvgIpc) is 2.46. The first-order valence-corrected chi connectivity index (χ1v) is 6.76. The Hall–Kier alpha value is -2.08. The molecule has 1 aromatic carbocycles. The molecular formula is C16H20BrN2O3-. The number of aromatic nitrogens is 1. The van der Waals surface area contributed by atoms with Crippen LogP contribution in [0.2, 0.25) is 0 Å². The number of para-hydroxylation sites is 1. The number of pyridine rings is 1. The van der Waals surface area contributed by atoms with Crippen LogP contribution in [-0.2, 0) is 6.54 Å². The Morgan fingerprint density at radius 3 is 2.64 bits per heavy atom. The molecule has 22 heavy (non-hydrogen) atoms. The molecule has 1 aromatic heterocycles. The van der Waals surface area contributed by atoms with Gasteiger partial charge in [0, 0.05) is 12.6 Å². The van der Waals surface area contributed by atoms with Crippen LogP contribution in [0.5, 0.6) is 5.75 Å². The van der Waals surface area contributed by atoms with Gasteiger partial charge >= 0.3 is 0 Å². The molecule has 5 nitrogen and oxygen atoms in total. The monoisotopic (exact) mass is 367 g/mol. The van der Waals surface area contributed by atoms with Crippen LogP contribution >= 0.6 is 0 Å². The van der Waals surface area contributed by atoms with E-state index >= 15 is 0 Å². The molecule has 2 rings (SSSR count). The van der Waals surface area contributed by atoms with Crippen LogP contribution in [0.1, 0.15) is 13.3 Å². The van der Waals surface area contributed by atoms with E-state index in [9.17, 15) is 15.0 Å². The number of carboxylic acid groups (broad SMARTS) is 1. The molecule has 0 aliphatic heterocycles. The van der Waals surface area contributed by atoms with Gasteiger partial charge in [-0.2, -0.15) is 4.57 Å². The summed E-state index contributed by atoms with van der Waals surface area (Å²) in [6, 6.07) is 9.46. The van der Waals surface area contributed by atoms with Gasteiger partial charge in [-0.1, -0.05) is 19.6 Å². The molecule has 0 aliphatic rings. The zero-order valence-electron chi connectivity index (χ0n) is 12.5. The maximum absolute atomic E-state index is 9.72. The highest BCUT2D eigenvalue weighted by atomic mass is 79.9. The van der Waals surface area contributed by atoms with Crippen molar-refractivity contribution in [2.75, 3.05) is 6.54 Å². The van der Waals surface area contributed by atoms with Crippen molar-refractivity contribution in [2.45, 2.75) is 19.9 Å². The third-order valence-corrected chi connectivity index (χ3v) is 2.72. The highest BCUT2D eigenvalue weighted by molar-refractivity contribution is 5.80. The van der Waals surface area contributed by atoms with E-state index in [1.165, 1.54) is 0 Å². The van der Waals surface area contributed by atoms with E-state index in [1.54, 1.807) is 6.07 Å². The first-order chi connectivity index (χ1) is 10.1. The number of phenolic OH excluding ortho intramolecular Hbond substituents is 1. The Morgan fingerprint density at radius 1 is 1.41 bits per heavy atom. The van der Waals surface area contributed by atoms with Crippen molar-refractivity contribution in [3.63, 3.8) is 0 Å². The number of allylic oxidation sites excluding steroid dienone is 1. The van der Waals surface area contributed by atoms with Crippen LogP contribution in [0.3, 0.4) is 0 Å². The quantitative estimate of drug-likeness (QED) is 0.502. The topological polar surface area (TPSA) is 76.3 Å². The lowest BCUT2D eigenvalue weighted by Crippen LogP contribution is -3.00. The third kappa shape index (κ3) is 6.13. The number of rotatable bonds is 4. The SMILES string of the molecule is C=CC[n+]1cccc2cccc(O)c21.CCCNC(=O)[O-].[Br-]. The number of benzene rings is 1. The van der Waals surface area contributed by atoms with E-state index in [0.29, 0.717) is 18.8 Å². The highest BCUT2D eigenvalue weighted by Gasteiger charge is 2.10. The molecule has 6 heteroatoms. The van der Waals surface area contributed by atoms with Crippen LogP contribution in [0.4, 0.5) is 4.79 Å². The van der Waals surface area contributed by atoms with Crippen molar-refractivity contribution in [1.82, 2.24) is 5.32 Å². The van der Waals surface area contributed by atoms with Crippen LogP contribution in [-0.4, -0.2) is 17.7 Å². The second-order valence-electron chi connectivity index (χ2n) is 4.38. The summed E-state index contributed by atoms with van der Waals surface area (Å²) in [5.74, 6) is 0.310. The molecule has 1 heterocycles. The van der Waals surface area contributed by atoms with Gasteiger partial charge in [-0.25, -0.2) is 0 Å². The normalized spacial score (nSPS) is 9.14. The predicted octanol–water partition coefficient (Wildman–Crippen LogP) is -1.65. The van der Waals surface area contributed by atoms with E-state index in [-0.39, 0.29) is 17.0 Å². The molecule has 0 unspecified atom stereocenters. The highest BCUT2D eigenvalue weighted by Crippen LogP contribution is 2.19. The molecule has 0 atom stereocenters. The first-order valence-electron chi connectivity index (χ1n) is 6.76. The summed E-state index contributed by atoms with van der Waals surface area (Å²) >= 11 is 0. The summed E-state index contributed by atoms with van der Waals surface area (Å²) in [7, 11) is 0. The van der Waals surface area contributed by atoms with Gasteiger partial charge in [0.1, 0.15) is 6.09 Å². The number of carbonyl (C=O) groups is 1. The average molecular weight is 368 g/mol. The molecule has 0 fully saturated rings. The van der Waals surface area contributed by atoms with Gasteiger partial charge < -0.3 is 37.3 Å². The van der Waals surface area contributed by atoms with Crippen molar-refractivity contribution in [3.05, 3.63) is 49.2 Å². The largest absolute Gasteiger partial charge is 1.00 e. The smallest absolute Gasteiger partial charge is 0.254 e. The maximum Gasteiger partial charge on any atom is 0.254 e. The second-order valence-corrected chi connectivity index (χ2v) is 4.38. The molecule has 2 N–H and O–H groups in total. The van der Waals surface area contributed by atoms with Crippen molar-refractivity contribution >= 4 is 17.0 Å². The minimum absolute atomic E-state index is 0. The van der Waals surface area contributed by atoms with Crippen LogP contribution in [0.15, 0.2) is 49.2 Å². The summed E-state index contributed by atoms with van der Waals surface area (Å²) in [5, 5.41) is 22.4. The van der Waals surface area contributed by atoms with Crippen molar-refractivity contribution in [3.8, 4) is 5.75 Å². The predicted molar refractivity (Wildman–Crippen MR) is 79.7 cm³/mol. The number of hydrogen-bond donors (Lipinski definition) is 2. The van der Waals surface area contributed by atoms with Gasteiger partial charge in [-0.05, 0) is 30.7 Å². The summed E-state index contributed by atoms with van der Waals surface area (Å²) in [6.45, 7) is 6.77. The Kier molecular flexibility index (Phi) is 9.61. The van der Waals surface area contributed by atoms with Crippen molar-refractivity contribution in [2.24, 2.45) is 0 Å². The van der Waals surface area contributed by atoms with E-state index in [1.807, 2.05) is 48.0 Å². The fraction of sp³-hybridized carbons (Fsp3) is 0.250. The molecule has 120 valence electrons. The van der Waals surface area contributed by atoms with Crippen molar-refractivity contribution in [1.29, 1.82) is 0 Å². The summed E-state index contributed by atoms with van der Waals surface area (Å²) in [6.07, 6.45) is 3.37. The second kappa shape index (κ2) is 10.6. The lowest BCUT2D eigenvalue weighted by Gasteiger charge is -2.01. The van der Waals surface area contributed by atoms with E-state index < -0.39 is 6.09 Å². The molecule has 0 saturated heterocycles. The van der Waals surface area contributed by atoms with Crippen LogP contribution < -0.4 is 32.0 Å². The van der Waals surface area contributed by atoms with Gasteiger partial charge in [-0.3, -0.25) is 0 Å². The van der Waals surface area contributed by atoms with Gasteiger partial charge in [0.25, 0.3) is 5.52 Å². The Balaban J connectivity index is 0.000000478. The molecule has 0 bridgehead atoms. The summed E-state index contributed by atoms with van der Waals surface area (Å²) in [4.78, 5) is 9.54. The number of nitrogens with one attached hydrogen (secondary N) is 1. The number of amides is 1. The lowest BCUT2D eigenvalue weighted by molar-refractivity contribution is -0.661. The minimum atomic E-state index is -1.19. The molecule has 0 radical (unpaired) electrons. The van der Waals surface area contributed by atoms with Gasteiger partial charge in [-0.15, -0.1) is 0 Å². The van der Waals surface area contributed by atoms with Gasteiger partial charge in [0.15, 0.2) is 18.5 Å². The van der Waals surface area contributed by atoms with E-state index in [4.69, 9.17) is 0 Å². The van der Waals surface area contributed by atoms with E-state index in [2.05, 4.69) is 11.9 Å². The van der Waals surface area contributed by atoms with Crippen LogP contribution in [0.25, 0.3) is 10.9 Å². The first kappa shape index (κ1) is 19.9. The fourth-order valence-corrected chi connectivity index (χ4v) is 1.84. The summed E-state index contributed by atoms with van der Waals surface area (Å²) < 4.78 is 1.97. The number of halogens is 1. The van der Waals surface area contributed by atoms with E-state index in [0.717, 1.165) is 17.3 Å². The van der Waals surface area contributed by atoms with Gasteiger partial charge in [0.05, 0.1) is 5.39 Å². The molecule has 0 aliphatic carbocycles. The summed E-state index contributed by atoms with van der Waals surface area (Å²) in [5.41, 5.74) is 0.856. The fourth-order valence-electron chi connectivity index (χ4n) is 1.84. The number of fused-ring (bicyclic) bond motifs is 1. The third-order valence-electron chi connectivity index (χ3n) is 2.72. The molecule has 0 saturated carbocycles. The minimum Gasteiger partial charge on any atom is -1.00 e. The lowest BCUT2D eigenvalue weighted by atomic mass is 10.2. The molecular weight excluding hydrogens is 348 g/mol. The molecule has 0 spiro atoms. The number of hydrogen-bond acceptors (Lipinski definition) is 3. The van der Waals surface area contributed by atoms with Crippen LogP contribution in [0, 0.1) is 0 Å². The molecule has 1 amide bonds. The zero-order chi connectivity index (χ0) is 15.7. The number of carbonyl (C=O) groups excluding carboxylic acids is 1. The zero-order valence-corrected chi connectivity index (χ0v) is 14.0. The number of phenols is 1. The Labute approximate surface area is 140 Å². The molecule has 2 aromatic rings.